The Morgan fingerprint density at radius 3 is 2.36 bits per heavy atom. The van der Waals surface area contributed by atoms with E-state index < -0.39 is 29.7 Å². The van der Waals surface area contributed by atoms with Gasteiger partial charge >= 0.3 is 12.1 Å². The summed E-state index contributed by atoms with van der Waals surface area (Å²) in [7, 11) is 0. The highest BCUT2D eigenvalue weighted by Gasteiger charge is 2.30. The first-order valence-electron chi connectivity index (χ1n) is 6.15. The summed E-state index contributed by atoms with van der Waals surface area (Å²) in [6.07, 6.45) is -3.09. The minimum Gasteiger partial charge on any atom is -0.480 e. The molecule has 0 saturated carbocycles. The van der Waals surface area contributed by atoms with E-state index >= 15 is 0 Å². The summed E-state index contributed by atoms with van der Waals surface area (Å²) in [5, 5.41) is 11.1. The Bertz CT molecular complexity index is 540. The van der Waals surface area contributed by atoms with Crippen LogP contribution < -0.4 is 5.32 Å². The van der Waals surface area contributed by atoms with Crippen molar-refractivity contribution in [1.82, 2.24) is 5.32 Å². The molecule has 1 amide bonds. The number of halogens is 3. The van der Waals surface area contributed by atoms with Gasteiger partial charge in [-0.05, 0) is 24.3 Å². The van der Waals surface area contributed by atoms with Crippen LogP contribution in [0.2, 0.25) is 0 Å². The zero-order valence-electron chi connectivity index (χ0n) is 11.4. The fourth-order valence-corrected chi connectivity index (χ4v) is 1.50. The van der Waals surface area contributed by atoms with Crippen LogP contribution in [0, 0.1) is 0 Å². The molecule has 2 N–H and O–H groups in total. The van der Waals surface area contributed by atoms with Crippen LogP contribution >= 0.6 is 0 Å². The van der Waals surface area contributed by atoms with E-state index in [1.807, 2.05) is 0 Å². The monoisotopic (exact) mass is 317 g/mol. The number of hydrogen-bond acceptors (Lipinski definition) is 3. The SMILES string of the molecule is C=CCOCC(NC(=O)c1ccc(C(F)(F)F)cc1)C(=O)O. The third-order valence-corrected chi connectivity index (χ3v) is 2.60. The van der Waals surface area contributed by atoms with Gasteiger partial charge in [-0.2, -0.15) is 13.2 Å². The lowest BCUT2D eigenvalue weighted by Gasteiger charge is -2.14. The second-order valence-electron chi connectivity index (χ2n) is 4.27. The minimum absolute atomic E-state index is 0.0806. The Balaban J connectivity index is 2.73. The number of nitrogens with one attached hydrogen (secondary N) is 1. The van der Waals surface area contributed by atoms with Crippen LogP contribution in [0.4, 0.5) is 13.2 Å². The van der Waals surface area contributed by atoms with Crippen molar-refractivity contribution in [2.45, 2.75) is 12.2 Å². The Morgan fingerprint density at radius 2 is 1.91 bits per heavy atom. The van der Waals surface area contributed by atoms with Gasteiger partial charge in [0.15, 0.2) is 6.04 Å². The molecule has 1 unspecified atom stereocenters. The highest BCUT2D eigenvalue weighted by molar-refractivity contribution is 5.96. The molecule has 1 rings (SSSR count). The minimum atomic E-state index is -4.50. The predicted molar refractivity (Wildman–Crippen MR) is 71.4 cm³/mol. The van der Waals surface area contributed by atoms with Crippen molar-refractivity contribution in [3.05, 3.63) is 48.0 Å². The fourth-order valence-electron chi connectivity index (χ4n) is 1.50. The van der Waals surface area contributed by atoms with Gasteiger partial charge in [0.1, 0.15) is 0 Å². The summed E-state index contributed by atoms with van der Waals surface area (Å²) in [5.41, 5.74) is -0.976. The van der Waals surface area contributed by atoms with Crippen LogP contribution in [0.15, 0.2) is 36.9 Å². The van der Waals surface area contributed by atoms with Gasteiger partial charge in [0.25, 0.3) is 5.91 Å². The lowest BCUT2D eigenvalue weighted by atomic mass is 10.1. The average Bonchev–Trinajstić information content (AvgIpc) is 2.45. The molecule has 0 aliphatic heterocycles. The normalized spacial score (nSPS) is 12.5. The number of rotatable bonds is 7. The van der Waals surface area contributed by atoms with Crippen molar-refractivity contribution < 1.29 is 32.6 Å². The van der Waals surface area contributed by atoms with E-state index in [-0.39, 0.29) is 18.8 Å². The Morgan fingerprint density at radius 1 is 1.32 bits per heavy atom. The molecule has 120 valence electrons. The molecule has 0 bridgehead atoms. The first-order valence-corrected chi connectivity index (χ1v) is 6.15. The predicted octanol–water partition coefficient (Wildman–Crippen LogP) is 2.09. The molecule has 22 heavy (non-hydrogen) atoms. The zero-order valence-corrected chi connectivity index (χ0v) is 11.4. The van der Waals surface area contributed by atoms with Crippen LogP contribution in [0.3, 0.4) is 0 Å². The number of benzene rings is 1. The maximum atomic E-state index is 12.4. The molecule has 0 saturated heterocycles. The van der Waals surface area contributed by atoms with Gasteiger partial charge < -0.3 is 15.2 Å². The van der Waals surface area contributed by atoms with Gasteiger partial charge in [-0.25, -0.2) is 4.79 Å². The number of aliphatic carboxylic acids is 1. The Hall–Kier alpha value is -2.35. The second kappa shape index (κ2) is 7.60. The molecule has 0 spiro atoms. The third-order valence-electron chi connectivity index (χ3n) is 2.60. The second-order valence-corrected chi connectivity index (χ2v) is 4.27. The summed E-state index contributed by atoms with van der Waals surface area (Å²) in [6, 6.07) is 2.14. The van der Waals surface area contributed by atoms with Crippen LogP contribution in [0.25, 0.3) is 0 Å². The molecule has 0 heterocycles. The number of ether oxygens (including phenoxy) is 1. The highest BCUT2D eigenvalue weighted by Crippen LogP contribution is 2.29. The number of carboxylic acids is 1. The number of amides is 1. The summed E-state index contributed by atoms with van der Waals surface area (Å²) >= 11 is 0. The quantitative estimate of drug-likeness (QED) is 0.596. The number of carbonyl (C=O) groups is 2. The van der Waals surface area contributed by atoms with E-state index in [0.717, 1.165) is 24.3 Å². The summed E-state index contributed by atoms with van der Waals surface area (Å²) < 4.78 is 42.2. The summed E-state index contributed by atoms with van der Waals surface area (Å²) in [4.78, 5) is 22.8. The number of carbonyl (C=O) groups excluding carboxylic acids is 1. The summed E-state index contributed by atoms with van der Waals surface area (Å²) in [5.74, 6) is -2.12. The van der Waals surface area contributed by atoms with E-state index in [4.69, 9.17) is 9.84 Å². The number of carboxylic acid groups (broad SMARTS) is 1. The van der Waals surface area contributed by atoms with Gasteiger partial charge in [-0.1, -0.05) is 6.08 Å². The van der Waals surface area contributed by atoms with Crippen molar-refractivity contribution in [3.8, 4) is 0 Å². The molecule has 0 aliphatic carbocycles. The molecule has 8 heteroatoms. The maximum absolute atomic E-state index is 12.4. The van der Waals surface area contributed by atoms with E-state index in [1.54, 1.807) is 0 Å². The van der Waals surface area contributed by atoms with Crippen LogP contribution in [-0.2, 0) is 15.7 Å². The summed E-state index contributed by atoms with van der Waals surface area (Å²) in [6.45, 7) is 3.21. The average molecular weight is 317 g/mol. The molecule has 1 aromatic carbocycles. The van der Waals surface area contributed by atoms with E-state index in [0.29, 0.717) is 0 Å². The van der Waals surface area contributed by atoms with Crippen molar-refractivity contribution >= 4 is 11.9 Å². The smallest absolute Gasteiger partial charge is 0.416 e. The van der Waals surface area contributed by atoms with E-state index in [9.17, 15) is 22.8 Å². The largest absolute Gasteiger partial charge is 0.480 e. The Labute approximate surface area is 124 Å². The van der Waals surface area contributed by atoms with Gasteiger partial charge in [0, 0.05) is 5.56 Å². The molecular weight excluding hydrogens is 303 g/mol. The van der Waals surface area contributed by atoms with Gasteiger partial charge in [-0.15, -0.1) is 6.58 Å². The topological polar surface area (TPSA) is 75.6 Å². The first-order chi connectivity index (χ1) is 10.3. The Kier molecular flexibility index (Phi) is 6.11. The van der Waals surface area contributed by atoms with Crippen LogP contribution in [-0.4, -0.2) is 36.2 Å². The molecule has 1 aromatic rings. The lowest BCUT2D eigenvalue weighted by Crippen LogP contribution is -2.44. The third kappa shape index (κ3) is 5.21. The zero-order chi connectivity index (χ0) is 16.8. The van der Waals surface area contributed by atoms with Crippen LogP contribution in [0.1, 0.15) is 15.9 Å². The van der Waals surface area contributed by atoms with Gasteiger partial charge in [0.05, 0.1) is 18.8 Å². The maximum Gasteiger partial charge on any atom is 0.416 e. The fraction of sp³-hybridized carbons (Fsp3) is 0.286. The molecule has 0 aromatic heterocycles. The molecule has 1 atom stereocenters. The van der Waals surface area contributed by atoms with E-state index in [1.165, 1.54) is 6.08 Å². The van der Waals surface area contributed by atoms with Crippen molar-refractivity contribution in [2.24, 2.45) is 0 Å². The molecule has 0 aliphatic rings. The van der Waals surface area contributed by atoms with Crippen molar-refractivity contribution in [1.29, 1.82) is 0 Å². The lowest BCUT2D eigenvalue weighted by molar-refractivity contribution is -0.140. The molecule has 0 fully saturated rings. The van der Waals surface area contributed by atoms with Crippen molar-refractivity contribution in [3.63, 3.8) is 0 Å². The number of alkyl halides is 3. The highest BCUT2D eigenvalue weighted by atomic mass is 19.4. The van der Waals surface area contributed by atoms with Gasteiger partial charge in [-0.3, -0.25) is 4.79 Å². The van der Waals surface area contributed by atoms with Gasteiger partial charge in [0.2, 0.25) is 0 Å². The van der Waals surface area contributed by atoms with Crippen LogP contribution in [0.5, 0.6) is 0 Å². The molecular formula is C14H14F3NO4. The number of hydrogen-bond donors (Lipinski definition) is 2. The van der Waals surface area contributed by atoms with E-state index in [2.05, 4.69) is 11.9 Å². The molecule has 5 nitrogen and oxygen atoms in total. The standard InChI is InChI=1S/C14H14F3NO4/c1-2-7-22-8-11(13(20)21)18-12(19)9-3-5-10(6-4-9)14(15,16)17/h2-6,11H,1,7-8H2,(H,18,19)(H,20,21). The van der Waals surface area contributed by atoms with Crippen molar-refractivity contribution in [2.75, 3.05) is 13.2 Å². The molecule has 0 radical (unpaired) electrons. The first kappa shape index (κ1) is 17.7.